The van der Waals surface area contributed by atoms with Gasteiger partial charge in [0.25, 0.3) is 0 Å². The lowest BCUT2D eigenvalue weighted by atomic mass is 10.1. The van der Waals surface area contributed by atoms with Gasteiger partial charge in [-0.25, -0.2) is 0 Å². The molecule has 0 radical (unpaired) electrons. The largest absolute Gasteiger partial charge is 0.492 e. The molecular formula is C12H15ClN2O. The van der Waals surface area contributed by atoms with E-state index in [4.69, 9.17) is 21.6 Å². The van der Waals surface area contributed by atoms with Gasteiger partial charge in [0.15, 0.2) is 0 Å². The van der Waals surface area contributed by atoms with Crippen LogP contribution in [0, 0.1) is 11.3 Å². The van der Waals surface area contributed by atoms with Gasteiger partial charge in [0.05, 0.1) is 17.7 Å². The van der Waals surface area contributed by atoms with Gasteiger partial charge >= 0.3 is 0 Å². The van der Waals surface area contributed by atoms with E-state index in [0.717, 1.165) is 5.69 Å². The second kappa shape index (κ2) is 5.09. The number of rotatable bonds is 4. The summed E-state index contributed by atoms with van der Waals surface area (Å²) < 4.78 is 5.32. The van der Waals surface area contributed by atoms with Crippen LogP contribution >= 0.6 is 11.6 Å². The first-order valence-corrected chi connectivity index (χ1v) is 5.48. The van der Waals surface area contributed by atoms with Crippen LogP contribution in [0.5, 0.6) is 5.75 Å². The Bertz CT molecular complexity index is 410. The van der Waals surface area contributed by atoms with Crippen molar-refractivity contribution < 1.29 is 4.74 Å². The highest BCUT2D eigenvalue weighted by molar-refractivity contribution is 6.32. The minimum Gasteiger partial charge on any atom is -0.492 e. The zero-order valence-corrected chi connectivity index (χ0v) is 10.4. The number of halogens is 1. The van der Waals surface area contributed by atoms with Crippen molar-refractivity contribution in [2.75, 3.05) is 11.9 Å². The topological polar surface area (TPSA) is 45.0 Å². The van der Waals surface area contributed by atoms with Gasteiger partial charge in [-0.3, -0.25) is 0 Å². The van der Waals surface area contributed by atoms with Crippen LogP contribution < -0.4 is 10.1 Å². The maximum atomic E-state index is 8.89. The third-order valence-electron chi connectivity index (χ3n) is 1.97. The van der Waals surface area contributed by atoms with E-state index in [1.807, 2.05) is 13.0 Å². The van der Waals surface area contributed by atoms with Crippen LogP contribution in [-0.4, -0.2) is 12.1 Å². The summed E-state index contributed by atoms with van der Waals surface area (Å²) in [6.45, 7) is 6.09. The Morgan fingerprint density at radius 1 is 1.50 bits per heavy atom. The number of nitrogens with one attached hydrogen (secondary N) is 1. The van der Waals surface area contributed by atoms with Crippen molar-refractivity contribution >= 4 is 17.3 Å². The second-order valence-electron chi connectivity index (χ2n) is 3.94. The van der Waals surface area contributed by atoms with Crippen LogP contribution in [-0.2, 0) is 0 Å². The van der Waals surface area contributed by atoms with Crippen LogP contribution in [0.3, 0.4) is 0 Å². The van der Waals surface area contributed by atoms with E-state index in [2.05, 4.69) is 11.4 Å². The molecule has 86 valence electrons. The molecular weight excluding hydrogens is 224 g/mol. The van der Waals surface area contributed by atoms with Crippen molar-refractivity contribution in [3.05, 3.63) is 23.2 Å². The number of nitrogens with zero attached hydrogens (tertiary/aromatic N) is 1. The molecule has 1 aromatic carbocycles. The molecule has 16 heavy (non-hydrogen) atoms. The van der Waals surface area contributed by atoms with Crippen LogP contribution in [0.4, 0.5) is 5.69 Å². The van der Waals surface area contributed by atoms with E-state index >= 15 is 0 Å². The van der Waals surface area contributed by atoms with Crippen LogP contribution in [0.2, 0.25) is 5.02 Å². The van der Waals surface area contributed by atoms with Crippen molar-refractivity contribution in [3.63, 3.8) is 0 Å². The Labute approximate surface area is 101 Å². The molecule has 0 aliphatic carbocycles. The number of benzene rings is 1. The number of hydrogen-bond acceptors (Lipinski definition) is 3. The lowest BCUT2D eigenvalue weighted by molar-refractivity contribution is 0.340. The summed E-state index contributed by atoms with van der Waals surface area (Å²) in [5.74, 6) is 0.657. The monoisotopic (exact) mass is 238 g/mol. The molecule has 1 rings (SSSR count). The lowest BCUT2D eigenvalue weighted by Crippen LogP contribution is -2.28. The van der Waals surface area contributed by atoms with E-state index in [0.29, 0.717) is 17.4 Å². The zero-order chi connectivity index (χ0) is 12.2. The minimum atomic E-state index is -0.615. The highest BCUT2D eigenvalue weighted by Crippen LogP contribution is 2.28. The van der Waals surface area contributed by atoms with Crippen molar-refractivity contribution in [2.24, 2.45) is 0 Å². The number of ether oxygens (including phenoxy) is 1. The van der Waals surface area contributed by atoms with E-state index < -0.39 is 5.54 Å². The molecule has 0 spiro atoms. The fourth-order valence-electron chi connectivity index (χ4n) is 1.24. The molecule has 0 saturated heterocycles. The number of anilines is 1. The van der Waals surface area contributed by atoms with Gasteiger partial charge in [-0.1, -0.05) is 11.6 Å². The highest BCUT2D eigenvalue weighted by Gasteiger charge is 2.16. The van der Waals surface area contributed by atoms with Crippen LogP contribution in [0.25, 0.3) is 0 Å². The average Bonchev–Trinajstić information content (AvgIpc) is 2.22. The predicted octanol–water partition coefficient (Wildman–Crippen LogP) is 3.45. The molecule has 0 aliphatic rings. The second-order valence-corrected chi connectivity index (χ2v) is 4.35. The Balaban J connectivity index is 2.86. The first-order valence-electron chi connectivity index (χ1n) is 5.10. The molecule has 0 aliphatic heterocycles. The van der Waals surface area contributed by atoms with E-state index in [9.17, 15) is 0 Å². The summed E-state index contributed by atoms with van der Waals surface area (Å²) in [6.07, 6.45) is 0. The highest BCUT2D eigenvalue weighted by atomic mass is 35.5. The number of hydrogen-bond donors (Lipinski definition) is 1. The smallest absolute Gasteiger partial charge is 0.138 e. The summed E-state index contributed by atoms with van der Waals surface area (Å²) in [5.41, 5.74) is 0.191. The van der Waals surface area contributed by atoms with Crippen molar-refractivity contribution in [1.82, 2.24) is 0 Å². The van der Waals surface area contributed by atoms with Crippen LogP contribution in [0.1, 0.15) is 20.8 Å². The lowest BCUT2D eigenvalue weighted by Gasteiger charge is -2.19. The molecule has 1 aromatic rings. The van der Waals surface area contributed by atoms with E-state index in [1.54, 1.807) is 26.0 Å². The fourth-order valence-corrected chi connectivity index (χ4v) is 1.48. The first-order chi connectivity index (χ1) is 7.48. The summed E-state index contributed by atoms with van der Waals surface area (Å²) in [7, 11) is 0. The van der Waals surface area contributed by atoms with E-state index in [1.165, 1.54) is 0 Å². The molecule has 0 aromatic heterocycles. The quantitative estimate of drug-likeness (QED) is 0.874. The van der Waals surface area contributed by atoms with Gasteiger partial charge in [-0.15, -0.1) is 0 Å². The Kier molecular flexibility index (Phi) is 4.03. The van der Waals surface area contributed by atoms with Crippen molar-refractivity contribution in [3.8, 4) is 11.8 Å². The molecule has 0 fully saturated rings. The molecule has 4 heteroatoms. The maximum absolute atomic E-state index is 8.89. The van der Waals surface area contributed by atoms with Gasteiger partial charge in [0.2, 0.25) is 0 Å². The fraction of sp³-hybridized carbons (Fsp3) is 0.417. The van der Waals surface area contributed by atoms with Crippen molar-refractivity contribution in [1.29, 1.82) is 5.26 Å². The summed E-state index contributed by atoms with van der Waals surface area (Å²) in [5, 5.41) is 12.5. The Hall–Kier alpha value is -1.40. The summed E-state index contributed by atoms with van der Waals surface area (Å²) >= 11 is 6.03. The molecule has 0 saturated carbocycles. The standard InChI is InChI=1S/C12H15ClN2O/c1-4-16-11-6-5-9(7-10(11)13)15-12(2,3)8-14/h5-7,15H,4H2,1-3H3. The summed E-state index contributed by atoms with van der Waals surface area (Å²) in [6, 6.07) is 7.56. The van der Waals surface area contributed by atoms with Gasteiger partial charge in [0, 0.05) is 5.69 Å². The van der Waals surface area contributed by atoms with E-state index in [-0.39, 0.29) is 0 Å². The van der Waals surface area contributed by atoms with Gasteiger partial charge < -0.3 is 10.1 Å². The van der Waals surface area contributed by atoms with Gasteiger partial charge in [-0.05, 0) is 39.0 Å². The van der Waals surface area contributed by atoms with Crippen molar-refractivity contribution in [2.45, 2.75) is 26.3 Å². The predicted molar refractivity (Wildman–Crippen MR) is 65.9 cm³/mol. The molecule has 0 atom stereocenters. The Morgan fingerprint density at radius 3 is 2.69 bits per heavy atom. The SMILES string of the molecule is CCOc1ccc(NC(C)(C)C#N)cc1Cl. The molecule has 0 bridgehead atoms. The first kappa shape index (κ1) is 12.7. The third-order valence-corrected chi connectivity index (χ3v) is 2.26. The minimum absolute atomic E-state index is 0.542. The Morgan fingerprint density at radius 2 is 2.19 bits per heavy atom. The average molecular weight is 239 g/mol. The van der Waals surface area contributed by atoms with Gasteiger partial charge in [-0.2, -0.15) is 5.26 Å². The maximum Gasteiger partial charge on any atom is 0.138 e. The van der Waals surface area contributed by atoms with Crippen LogP contribution in [0.15, 0.2) is 18.2 Å². The third kappa shape index (κ3) is 3.32. The number of nitriles is 1. The molecule has 0 heterocycles. The summed E-state index contributed by atoms with van der Waals surface area (Å²) in [4.78, 5) is 0. The zero-order valence-electron chi connectivity index (χ0n) is 9.67. The molecule has 0 amide bonds. The normalized spacial score (nSPS) is 10.7. The molecule has 1 N–H and O–H groups in total. The molecule has 3 nitrogen and oxygen atoms in total. The van der Waals surface area contributed by atoms with Gasteiger partial charge in [0.1, 0.15) is 11.3 Å². The molecule has 0 unspecified atom stereocenters.